The maximum Gasteiger partial charge on any atom is 0.418 e. The average molecular weight is 1210 g/mol. The van der Waals surface area contributed by atoms with Gasteiger partial charge in [-0.3, -0.25) is 43.2 Å². The minimum Gasteiger partial charge on any atom is -0.489 e. The minimum absolute atomic E-state index is 0.0977. The number of hydrogen-bond acceptors (Lipinski definition) is 15. The van der Waals surface area contributed by atoms with Crippen LogP contribution in [0.2, 0.25) is 0 Å². The van der Waals surface area contributed by atoms with Gasteiger partial charge in [-0.1, -0.05) is 139 Å². The molecule has 3 aromatic rings. The number of hydrogen-bond donors (Lipinski definition) is 3. The van der Waals surface area contributed by atoms with Gasteiger partial charge in [0.1, 0.15) is 29.1 Å². The summed E-state index contributed by atoms with van der Waals surface area (Å²) in [4.78, 5) is 132. The first-order valence-corrected chi connectivity index (χ1v) is 30.4. The Morgan fingerprint density at radius 3 is 1.69 bits per heavy atom. The van der Waals surface area contributed by atoms with Crippen molar-refractivity contribution in [1.29, 1.82) is 0 Å². The number of carbonyl (C=O) groups is 10. The van der Waals surface area contributed by atoms with Gasteiger partial charge in [0.05, 0.1) is 11.8 Å². The number of Topliss-reactive ketones (excluding diaryl/α,β-unsaturated/α-hetero) is 3. The summed E-state index contributed by atoms with van der Waals surface area (Å²) >= 11 is 0. The van der Waals surface area contributed by atoms with E-state index in [0.717, 1.165) is 42.4 Å². The van der Waals surface area contributed by atoms with Gasteiger partial charge in [-0.05, 0) is 127 Å². The number of carbonyl (C=O) groups excluding carboxylic acids is 10. The number of unbranched alkanes of at least 4 members (excludes halogenated alkanes) is 9. The Hall–Kier alpha value is -7.44. The monoisotopic (exact) mass is 1210 g/mol. The number of aryl methyl sites for hydroxylation is 2. The third kappa shape index (κ3) is 20.0. The molecule has 2 saturated heterocycles. The smallest absolute Gasteiger partial charge is 0.418 e. The molecule has 4 unspecified atom stereocenters. The van der Waals surface area contributed by atoms with Crippen molar-refractivity contribution in [3.8, 4) is 17.2 Å². The quantitative estimate of drug-likeness (QED) is 0.0292. The molecule has 5 amide bonds. The Morgan fingerprint density at radius 1 is 0.621 bits per heavy atom. The van der Waals surface area contributed by atoms with E-state index in [4.69, 9.17) is 23.7 Å². The maximum atomic E-state index is 14.1. The number of esters is 2. The first-order chi connectivity index (χ1) is 40.2. The van der Waals surface area contributed by atoms with Crippen LogP contribution in [0.5, 0.6) is 17.2 Å². The van der Waals surface area contributed by atoms with E-state index >= 15 is 0 Å². The van der Waals surface area contributed by atoms with Crippen LogP contribution in [0.3, 0.4) is 0 Å². The first kappa shape index (κ1) is 72.0. The molecule has 2 aliphatic rings. The van der Waals surface area contributed by atoms with Gasteiger partial charge in [-0.25, -0.2) is 9.69 Å². The Balaban J connectivity index is 0.000000497. The predicted molar refractivity (Wildman–Crippen MR) is 334 cm³/mol. The molecule has 2 fully saturated rings. The summed E-state index contributed by atoms with van der Waals surface area (Å²) in [7, 11) is 0. The highest BCUT2D eigenvalue weighted by molar-refractivity contribution is 6.20. The van der Waals surface area contributed by atoms with E-state index in [9.17, 15) is 47.9 Å². The van der Waals surface area contributed by atoms with E-state index in [1.807, 2.05) is 46.8 Å². The molecule has 0 aliphatic carbocycles. The fourth-order valence-corrected chi connectivity index (χ4v) is 9.90. The summed E-state index contributed by atoms with van der Waals surface area (Å²) in [6.45, 7) is 32.3. The van der Waals surface area contributed by atoms with Gasteiger partial charge < -0.3 is 39.6 Å². The number of rotatable bonds is 26. The Kier molecular flexibility index (Phi) is 24.8. The average Bonchev–Trinajstić information content (AvgIpc) is 1.95. The molecule has 3 N–H and O–H groups in total. The molecule has 3 aromatic carbocycles. The molecule has 87 heavy (non-hydrogen) atoms. The molecule has 19 nitrogen and oxygen atoms in total. The van der Waals surface area contributed by atoms with E-state index in [1.54, 1.807) is 91.8 Å². The second-order valence-electron chi connectivity index (χ2n) is 27.2. The van der Waals surface area contributed by atoms with Gasteiger partial charge in [0.15, 0.2) is 40.7 Å². The molecular weight excluding hydrogens is 1110 g/mol. The fraction of sp³-hybridized carbons (Fsp3) is 0.588. The van der Waals surface area contributed by atoms with Crippen LogP contribution in [0.25, 0.3) is 0 Å². The zero-order valence-electron chi connectivity index (χ0n) is 54.9. The van der Waals surface area contributed by atoms with Crippen LogP contribution >= 0.6 is 0 Å². The Bertz CT molecular complexity index is 3030. The van der Waals surface area contributed by atoms with Crippen LogP contribution in [-0.2, 0) is 58.0 Å². The van der Waals surface area contributed by atoms with Crippen LogP contribution in [0.4, 0.5) is 21.9 Å². The lowest BCUT2D eigenvalue weighted by Crippen LogP contribution is -2.55. The van der Waals surface area contributed by atoms with Crippen molar-refractivity contribution < 1.29 is 71.6 Å². The number of ketones is 3. The molecule has 5 rings (SSSR count). The number of amides is 5. The van der Waals surface area contributed by atoms with Crippen molar-refractivity contribution in [2.45, 2.75) is 237 Å². The number of cyclic esters (lactones) is 2. The molecule has 0 radical (unpaired) electrons. The zero-order valence-corrected chi connectivity index (χ0v) is 54.9. The SMILES string of the molecule is CCCCCCCCCCCCC(Oc1ccc(OC(C)=O)c(C(C)(C)C)c1)C(=O)Nc1ccc(OC(C)C)c(NC(=O)C(C(=O)C(C)(C)C)N2C(=O)OC(C)(C)C2=O)c1.Cc1ccc(C)c(NC(=O)C(C(=O)C(C)(C)C)C2C(=O)OC(C)(C)C2=O)c1. The molecule has 0 saturated carbocycles. The highest BCUT2D eigenvalue weighted by atomic mass is 16.6. The number of ether oxygens (including phenoxy) is 5. The number of imide groups is 1. The summed E-state index contributed by atoms with van der Waals surface area (Å²) in [5, 5.41) is 8.37. The largest absolute Gasteiger partial charge is 0.489 e. The van der Waals surface area contributed by atoms with Crippen molar-refractivity contribution in [3.63, 3.8) is 0 Å². The number of anilines is 3. The highest BCUT2D eigenvalue weighted by Gasteiger charge is 2.58. The molecule has 19 heteroatoms. The summed E-state index contributed by atoms with van der Waals surface area (Å²) in [5.41, 5.74) is -1.93. The molecule has 2 heterocycles. The van der Waals surface area contributed by atoms with Gasteiger partial charge in [0, 0.05) is 34.7 Å². The molecule has 4 atom stereocenters. The van der Waals surface area contributed by atoms with Gasteiger partial charge in [0.25, 0.3) is 17.7 Å². The van der Waals surface area contributed by atoms with Crippen LogP contribution in [0, 0.1) is 36.5 Å². The minimum atomic E-state index is -1.85. The van der Waals surface area contributed by atoms with Crippen LogP contribution in [0.1, 0.15) is 205 Å². The topological polar surface area (TPSA) is 256 Å². The van der Waals surface area contributed by atoms with Gasteiger partial charge in [-0.2, -0.15) is 0 Å². The van der Waals surface area contributed by atoms with E-state index < -0.39 is 110 Å². The summed E-state index contributed by atoms with van der Waals surface area (Å²) in [6.07, 6.45) is 9.36. The van der Waals surface area contributed by atoms with Gasteiger partial charge in [-0.15, -0.1) is 0 Å². The summed E-state index contributed by atoms with van der Waals surface area (Å²) < 4.78 is 28.3. The lowest BCUT2D eigenvalue weighted by atomic mass is 9.74. The normalized spacial score (nSPS) is 16.6. The molecule has 478 valence electrons. The van der Waals surface area contributed by atoms with Gasteiger partial charge >= 0.3 is 18.0 Å². The van der Waals surface area contributed by atoms with Gasteiger partial charge in [0.2, 0.25) is 5.91 Å². The van der Waals surface area contributed by atoms with Crippen molar-refractivity contribution in [3.05, 3.63) is 71.3 Å². The fourth-order valence-electron chi connectivity index (χ4n) is 9.90. The highest BCUT2D eigenvalue weighted by Crippen LogP contribution is 2.39. The zero-order chi connectivity index (χ0) is 65.7. The Labute approximate surface area is 514 Å². The maximum absolute atomic E-state index is 14.1. The number of benzene rings is 3. The van der Waals surface area contributed by atoms with Crippen molar-refractivity contribution >= 4 is 76.1 Å². The van der Waals surface area contributed by atoms with E-state index in [1.165, 1.54) is 79.2 Å². The molecule has 0 aromatic heterocycles. The first-order valence-electron chi connectivity index (χ1n) is 30.4. The van der Waals surface area contributed by atoms with E-state index in [0.29, 0.717) is 34.2 Å². The third-order valence-corrected chi connectivity index (χ3v) is 14.8. The van der Waals surface area contributed by atoms with E-state index in [2.05, 4.69) is 22.9 Å². The Morgan fingerprint density at radius 2 is 1.18 bits per heavy atom. The lowest BCUT2D eigenvalue weighted by molar-refractivity contribution is -0.153. The van der Waals surface area contributed by atoms with Crippen LogP contribution in [0.15, 0.2) is 54.6 Å². The summed E-state index contributed by atoms with van der Waals surface area (Å²) in [6, 6.07) is 13.5. The predicted octanol–water partition coefficient (Wildman–Crippen LogP) is 13.1. The van der Waals surface area contributed by atoms with Crippen LogP contribution in [-0.4, -0.2) is 93.4 Å². The molecule has 2 aliphatic heterocycles. The number of nitrogens with one attached hydrogen (secondary N) is 3. The lowest BCUT2D eigenvalue weighted by Gasteiger charge is -2.29. The molecule has 0 spiro atoms. The summed E-state index contributed by atoms with van der Waals surface area (Å²) in [5.74, 6) is -7.65. The van der Waals surface area contributed by atoms with Crippen molar-refractivity contribution in [1.82, 2.24) is 4.90 Å². The molecular formula is C68H96N4O15. The standard InChI is InChI=1S/C47H69N3O10.C21H27NO5/c1-13-14-15-16-17-18-19-20-21-22-23-38(59-33-25-27-36(58-31(4)51)34(29-33)45(5,6)7)41(53)48-32-24-26-37(57-30(2)3)35(28-32)49-42(54)39(40(52)46(8,9)10)50-43(55)47(11,12)60-44(50)56;1-11-8-9-12(2)13(10-11)22-18(25)14(16(23)20(3,4)5)15-17(24)21(6,7)27-19(15)26/h24-30,38-39H,13-23H2,1-12H3,(H,48,53)(H,49,54);8-10,14-15H,1-7H3,(H,22,25). The second-order valence-corrected chi connectivity index (χ2v) is 27.2. The van der Waals surface area contributed by atoms with Crippen molar-refractivity contribution in [2.24, 2.45) is 22.7 Å². The molecule has 0 bridgehead atoms. The second kappa shape index (κ2) is 30.0. The number of nitrogens with zero attached hydrogens (tertiary/aromatic N) is 1. The third-order valence-electron chi connectivity index (χ3n) is 14.8. The van der Waals surface area contributed by atoms with Crippen molar-refractivity contribution in [2.75, 3.05) is 16.0 Å². The van der Waals surface area contributed by atoms with Crippen LogP contribution < -0.4 is 30.2 Å². The van der Waals surface area contributed by atoms with E-state index in [-0.39, 0.29) is 17.5 Å².